The molecule has 1 aliphatic heterocycles. The first-order chi connectivity index (χ1) is 13.0. The van der Waals surface area contributed by atoms with Crippen LogP contribution in [0.5, 0.6) is 5.75 Å². The molecule has 1 heterocycles. The van der Waals surface area contributed by atoms with Crippen molar-refractivity contribution in [2.75, 3.05) is 26.2 Å². The zero-order valence-electron chi connectivity index (χ0n) is 16.1. The molecule has 7 nitrogen and oxygen atoms in total. The topological polar surface area (TPSA) is 87.7 Å². The van der Waals surface area contributed by atoms with E-state index < -0.39 is 6.04 Å². The second-order valence-corrected chi connectivity index (χ2v) is 6.72. The van der Waals surface area contributed by atoms with Gasteiger partial charge in [0.25, 0.3) is 0 Å². The van der Waals surface area contributed by atoms with Crippen LogP contribution in [0.15, 0.2) is 30.3 Å². The Hall–Kier alpha value is -2.57. The fraction of sp³-hybridized carbons (Fsp3) is 0.550. The van der Waals surface area contributed by atoms with Gasteiger partial charge in [-0.2, -0.15) is 0 Å². The molecule has 1 saturated heterocycles. The molecule has 1 fully saturated rings. The molecule has 27 heavy (non-hydrogen) atoms. The highest BCUT2D eigenvalue weighted by Crippen LogP contribution is 2.18. The van der Waals surface area contributed by atoms with Crippen molar-refractivity contribution in [2.24, 2.45) is 5.92 Å². The lowest BCUT2D eigenvalue weighted by Gasteiger charge is -2.32. The minimum absolute atomic E-state index is 0.0137. The van der Waals surface area contributed by atoms with E-state index in [1.807, 2.05) is 37.3 Å². The molecular formula is C20H29N3O4. The maximum atomic E-state index is 12.4. The zero-order valence-corrected chi connectivity index (χ0v) is 16.1. The van der Waals surface area contributed by atoms with Crippen molar-refractivity contribution in [3.05, 3.63) is 30.3 Å². The molecular weight excluding hydrogens is 346 g/mol. The Morgan fingerprint density at radius 3 is 2.70 bits per heavy atom. The number of likely N-dealkylation sites (tertiary alicyclic amines) is 1. The summed E-state index contributed by atoms with van der Waals surface area (Å²) in [6.45, 7) is 5.37. The Labute approximate surface area is 160 Å². The van der Waals surface area contributed by atoms with E-state index in [9.17, 15) is 14.4 Å². The third-order valence-corrected chi connectivity index (χ3v) is 4.58. The maximum absolute atomic E-state index is 12.4. The predicted molar refractivity (Wildman–Crippen MR) is 102 cm³/mol. The Kier molecular flexibility index (Phi) is 8.10. The number of nitrogens with one attached hydrogen (secondary N) is 2. The van der Waals surface area contributed by atoms with Gasteiger partial charge in [-0.15, -0.1) is 0 Å². The van der Waals surface area contributed by atoms with Crippen LogP contribution in [0.4, 0.5) is 0 Å². The quantitative estimate of drug-likeness (QED) is 0.718. The van der Waals surface area contributed by atoms with E-state index in [1.165, 1.54) is 0 Å². The SMILES string of the molecule is CCNC(=O)[C@@H](C)NC(=O)[C@H]1CCCN(C(=O)CCOc2ccccc2)C1. The summed E-state index contributed by atoms with van der Waals surface area (Å²) >= 11 is 0. The van der Waals surface area contributed by atoms with Crippen molar-refractivity contribution < 1.29 is 19.1 Å². The van der Waals surface area contributed by atoms with Crippen LogP contribution in [0.1, 0.15) is 33.1 Å². The third kappa shape index (κ3) is 6.58. The summed E-state index contributed by atoms with van der Waals surface area (Å²) in [7, 11) is 0. The molecule has 1 aromatic carbocycles. The van der Waals surface area contributed by atoms with Gasteiger partial charge in [-0.3, -0.25) is 14.4 Å². The number of hydrogen-bond donors (Lipinski definition) is 2. The van der Waals surface area contributed by atoms with E-state index in [-0.39, 0.29) is 30.1 Å². The second-order valence-electron chi connectivity index (χ2n) is 6.72. The highest BCUT2D eigenvalue weighted by molar-refractivity contribution is 5.88. The number of ether oxygens (including phenoxy) is 1. The van der Waals surface area contributed by atoms with Crippen LogP contribution >= 0.6 is 0 Å². The number of para-hydroxylation sites is 1. The van der Waals surface area contributed by atoms with E-state index in [2.05, 4.69) is 10.6 Å². The number of hydrogen-bond acceptors (Lipinski definition) is 4. The predicted octanol–water partition coefficient (Wildman–Crippen LogP) is 1.33. The molecule has 0 aromatic heterocycles. The third-order valence-electron chi connectivity index (χ3n) is 4.58. The van der Waals surface area contributed by atoms with Crippen LogP contribution in [0.2, 0.25) is 0 Å². The van der Waals surface area contributed by atoms with Gasteiger partial charge >= 0.3 is 0 Å². The molecule has 1 aromatic rings. The molecule has 0 unspecified atom stereocenters. The van der Waals surface area contributed by atoms with Gasteiger partial charge < -0.3 is 20.3 Å². The Morgan fingerprint density at radius 1 is 1.26 bits per heavy atom. The summed E-state index contributed by atoms with van der Waals surface area (Å²) in [5.74, 6) is 0.0646. The first kappa shape index (κ1) is 20.7. The number of rotatable bonds is 8. The maximum Gasteiger partial charge on any atom is 0.242 e. The van der Waals surface area contributed by atoms with Crippen LogP contribution in [-0.4, -0.2) is 54.9 Å². The van der Waals surface area contributed by atoms with Gasteiger partial charge in [0.15, 0.2) is 0 Å². The number of benzene rings is 1. The van der Waals surface area contributed by atoms with Crippen LogP contribution < -0.4 is 15.4 Å². The molecule has 0 aliphatic carbocycles. The van der Waals surface area contributed by atoms with E-state index in [0.717, 1.165) is 18.6 Å². The molecule has 2 atom stereocenters. The molecule has 0 saturated carbocycles. The lowest BCUT2D eigenvalue weighted by molar-refractivity contribution is -0.137. The van der Waals surface area contributed by atoms with Crippen LogP contribution in [0.25, 0.3) is 0 Å². The van der Waals surface area contributed by atoms with Gasteiger partial charge in [0, 0.05) is 19.6 Å². The lowest BCUT2D eigenvalue weighted by atomic mass is 9.96. The minimum atomic E-state index is -0.581. The highest BCUT2D eigenvalue weighted by atomic mass is 16.5. The molecule has 2 rings (SSSR count). The van der Waals surface area contributed by atoms with Gasteiger partial charge in [-0.05, 0) is 38.8 Å². The molecule has 1 aliphatic rings. The van der Waals surface area contributed by atoms with Gasteiger partial charge in [0.2, 0.25) is 17.7 Å². The lowest BCUT2D eigenvalue weighted by Crippen LogP contribution is -2.50. The van der Waals surface area contributed by atoms with Crippen LogP contribution in [0, 0.1) is 5.92 Å². The smallest absolute Gasteiger partial charge is 0.242 e. The monoisotopic (exact) mass is 375 g/mol. The molecule has 2 N–H and O–H groups in total. The zero-order chi connectivity index (χ0) is 19.6. The molecule has 7 heteroatoms. The van der Waals surface area contributed by atoms with Crippen LogP contribution in [-0.2, 0) is 14.4 Å². The fourth-order valence-electron chi connectivity index (χ4n) is 3.07. The number of carbonyl (C=O) groups excluding carboxylic acids is 3. The minimum Gasteiger partial charge on any atom is -0.493 e. The average molecular weight is 375 g/mol. The van der Waals surface area contributed by atoms with Crippen molar-refractivity contribution in [3.8, 4) is 5.75 Å². The van der Waals surface area contributed by atoms with Crippen molar-refractivity contribution in [1.82, 2.24) is 15.5 Å². The summed E-state index contributed by atoms with van der Waals surface area (Å²) in [4.78, 5) is 38.3. The average Bonchev–Trinajstić information content (AvgIpc) is 2.69. The van der Waals surface area contributed by atoms with Gasteiger partial charge in [0.1, 0.15) is 11.8 Å². The van der Waals surface area contributed by atoms with Gasteiger partial charge in [-0.25, -0.2) is 0 Å². The largest absolute Gasteiger partial charge is 0.493 e. The highest BCUT2D eigenvalue weighted by Gasteiger charge is 2.29. The van der Waals surface area contributed by atoms with E-state index in [1.54, 1.807) is 11.8 Å². The summed E-state index contributed by atoms with van der Waals surface area (Å²) in [5, 5.41) is 5.43. The number of carbonyl (C=O) groups is 3. The standard InChI is InChI=1S/C20H29N3O4/c1-3-21-19(25)15(2)22-20(26)16-8-7-12-23(14-16)18(24)11-13-27-17-9-5-4-6-10-17/h4-6,9-10,15-16H,3,7-8,11-14H2,1-2H3,(H,21,25)(H,22,26)/t15-,16+/m1/s1. The van der Waals surface area contributed by atoms with Crippen molar-refractivity contribution in [3.63, 3.8) is 0 Å². The van der Waals surface area contributed by atoms with Gasteiger partial charge in [0.05, 0.1) is 18.9 Å². The molecule has 0 spiro atoms. The van der Waals surface area contributed by atoms with Crippen molar-refractivity contribution in [1.29, 1.82) is 0 Å². The number of amides is 3. The first-order valence-electron chi connectivity index (χ1n) is 9.55. The van der Waals surface area contributed by atoms with E-state index in [4.69, 9.17) is 4.74 Å². The van der Waals surface area contributed by atoms with E-state index >= 15 is 0 Å². The van der Waals surface area contributed by atoms with Crippen LogP contribution in [0.3, 0.4) is 0 Å². The molecule has 3 amide bonds. The Balaban J connectivity index is 1.77. The number of piperidine rings is 1. The summed E-state index contributed by atoms with van der Waals surface area (Å²) < 4.78 is 5.57. The molecule has 0 radical (unpaired) electrons. The van der Waals surface area contributed by atoms with Gasteiger partial charge in [-0.1, -0.05) is 18.2 Å². The van der Waals surface area contributed by atoms with Crippen molar-refractivity contribution >= 4 is 17.7 Å². The fourth-order valence-corrected chi connectivity index (χ4v) is 3.07. The number of nitrogens with zero attached hydrogens (tertiary/aromatic N) is 1. The summed E-state index contributed by atoms with van der Waals surface area (Å²) in [5.41, 5.74) is 0. The summed E-state index contributed by atoms with van der Waals surface area (Å²) in [6.07, 6.45) is 1.77. The molecule has 148 valence electrons. The number of likely N-dealkylation sites (N-methyl/N-ethyl adjacent to an activating group) is 1. The Bertz CT molecular complexity index is 635. The normalized spacial score (nSPS) is 17.7. The first-order valence-corrected chi connectivity index (χ1v) is 9.55. The van der Waals surface area contributed by atoms with Crippen molar-refractivity contribution in [2.45, 2.75) is 39.2 Å². The Morgan fingerprint density at radius 2 is 2.00 bits per heavy atom. The summed E-state index contributed by atoms with van der Waals surface area (Å²) in [6, 6.07) is 8.79. The van der Waals surface area contributed by atoms with E-state index in [0.29, 0.717) is 26.2 Å². The molecule has 0 bridgehead atoms. The second kappa shape index (κ2) is 10.5.